The molecular formula is C19H19N5O. The summed E-state index contributed by atoms with van der Waals surface area (Å²) < 4.78 is 2.00. The number of carbonyl (C=O) groups excluding carboxylic acids is 1. The highest BCUT2D eigenvalue weighted by Gasteiger charge is 2.39. The van der Waals surface area contributed by atoms with Crippen LogP contribution in [-0.2, 0) is 10.3 Å². The predicted molar refractivity (Wildman–Crippen MR) is 96.2 cm³/mol. The molecule has 0 bridgehead atoms. The molecular weight excluding hydrogens is 314 g/mol. The number of pyridine rings is 1. The average molecular weight is 333 g/mol. The molecule has 0 aliphatic carbocycles. The average Bonchev–Trinajstić information content (AvgIpc) is 3.04. The lowest BCUT2D eigenvalue weighted by molar-refractivity contribution is -0.129. The highest BCUT2D eigenvalue weighted by molar-refractivity contribution is 5.98. The second-order valence-electron chi connectivity index (χ2n) is 6.59. The second-order valence-corrected chi connectivity index (χ2v) is 6.59. The second kappa shape index (κ2) is 5.44. The first-order chi connectivity index (χ1) is 12.0. The van der Waals surface area contributed by atoms with Crippen LogP contribution in [0, 0.1) is 5.41 Å². The Morgan fingerprint density at radius 2 is 1.92 bits per heavy atom. The van der Waals surface area contributed by atoms with E-state index in [-0.39, 0.29) is 18.3 Å². The van der Waals surface area contributed by atoms with Gasteiger partial charge < -0.3 is 9.72 Å². The third-order valence-corrected chi connectivity index (χ3v) is 4.79. The zero-order valence-corrected chi connectivity index (χ0v) is 14.2. The topological polar surface area (TPSA) is 73.5 Å². The van der Waals surface area contributed by atoms with Crippen LogP contribution in [0.4, 0.5) is 0 Å². The van der Waals surface area contributed by atoms with Gasteiger partial charge in [-0.25, -0.2) is 4.98 Å². The number of carbonyl (C=O) groups is 1. The van der Waals surface area contributed by atoms with Crippen molar-refractivity contribution in [3.8, 4) is 11.1 Å². The number of amides is 1. The van der Waals surface area contributed by atoms with Gasteiger partial charge in [-0.05, 0) is 30.2 Å². The predicted octanol–water partition coefficient (Wildman–Crippen LogP) is 2.60. The van der Waals surface area contributed by atoms with E-state index >= 15 is 0 Å². The number of nitrogens with one attached hydrogen (secondary N) is 2. The summed E-state index contributed by atoms with van der Waals surface area (Å²) in [5.41, 5.74) is 3.21. The molecule has 2 N–H and O–H groups in total. The summed E-state index contributed by atoms with van der Waals surface area (Å²) in [4.78, 5) is 18.1. The van der Waals surface area contributed by atoms with Gasteiger partial charge in [-0.3, -0.25) is 15.1 Å². The van der Waals surface area contributed by atoms with Crippen LogP contribution in [0.15, 0.2) is 54.9 Å². The Kier molecular flexibility index (Phi) is 3.35. The Morgan fingerprint density at radius 1 is 1.16 bits per heavy atom. The van der Waals surface area contributed by atoms with Crippen molar-refractivity contribution in [1.29, 1.82) is 5.41 Å². The van der Waals surface area contributed by atoms with Crippen LogP contribution in [0.1, 0.15) is 19.0 Å². The van der Waals surface area contributed by atoms with Gasteiger partial charge in [-0.2, -0.15) is 0 Å². The van der Waals surface area contributed by atoms with Crippen LogP contribution in [-0.4, -0.2) is 33.2 Å². The van der Waals surface area contributed by atoms with Crippen molar-refractivity contribution < 1.29 is 4.79 Å². The van der Waals surface area contributed by atoms with Gasteiger partial charge in [-0.1, -0.05) is 30.3 Å². The quantitative estimate of drug-likeness (QED) is 0.757. The molecule has 4 rings (SSSR count). The molecule has 0 saturated carbocycles. The Bertz CT molecular complexity index is 958. The van der Waals surface area contributed by atoms with Crippen molar-refractivity contribution in [1.82, 2.24) is 19.6 Å². The van der Waals surface area contributed by atoms with Crippen LogP contribution in [0.5, 0.6) is 0 Å². The third kappa shape index (κ3) is 2.46. The highest BCUT2D eigenvalue weighted by Crippen LogP contribution is 2.30. The minimum Gasteiger partial charge on any atom is -0.345 e. The molecule has 1 saturated heterocycles. The van der Waals surface area contributed by atoms with Gasteiger partial charge in [0, 0.05) is 13.2 Å². The van der Waals surface area contributed by atoms with E-state index in [1.807, 2.05) is 47.9 Å². The van der Waals surface area contributed by atoms with Crippen molar-refractivity contribution in [2.45, 2.75) is 18.9 Å². The fourth-order valence-electron chi connectivity index (χ4n) is 3.28. The molecule has 0 spiro atoms. The number of hydrogen-bond donors (Lipinski definition) is 2. The molecule has 1 aliphatic heterocycles. The van der Waals surface area contributed by atoms with Crippen molar-refractivity contribution in [2.24, 2.45) is 0 Å². The summed E-state index contributed by atoms with van der Waals surface area (Å²) in [5, 5.41) is 11.2. The summed E-state index contributed by atoms with van der Waals surface area (Å²) in [6, 6.07) is 14.1. The first kappa shape index (κ1) is 15.4. The lowest BCUT2D eigenvalue weighted by atomic mass is 9.91. The van der Waals surface area contributed by atoms with E-state index in [1.54, 1.807) is 13.2 Å². The van der Waals surface area contributed by atoms with Crippen LogP contribution in [0.2, 0.25) is 0 Å². The monoisotopic (exact) mass is 333 g/mol. The van der Waals surface area contributed by atoms with E-state index in [2.05, 4.69) is 22.4 Å². The van der Waals surface area contributed by atoms with E-state index in [1.165, 1.54) is 4.90 Å². The molecule has 1 aromatic carbocycles. The first-order valence-electron chi connectivity index (χ1n) is 8.14. The van der Waals surface area contributed by atoms with E-state index in [9.17, 15) is 4.79 Å². The standard InChI is InChI=1S/C19H19N5O/c1-19(10-17(25)23(2)18(20)22-19)15-11-21-16-9-8-14(12-24(15)16)13-6-4-3-5-7-13/h3-9,11-12H,10H2,1-2H3,(H2,20,22)/t19-/m0/s1. The van der Waals surface area contributed by atoms with Crippen molar-refractivity contribution in [2.75, 3.05) is 7.05 Å². The largest absolute Gasteiger partial charge is 0.345 e. The number of hydrogen-bond acceptors (Lipinski definition) is 3. The van der Waals surface area contributed by atoms with Gasteiger partial charge >= 0.3 is 0 Å². The first-order valence-corrected chi connectivity index (χ1v) is 8.14. The van der Waals surface area contributed by atoms with Crippen molar-refractivity contribution >= 4 is 17.5 Å². The number of rotatable bonds is 2. The SMILES string of the molecule is CN1C(=N)N[C@](C)(c2cnc3ccc(-c4ccccc4)cn23)CC1=O. The van der Waals surface area contributed by atoms with Crippen LogP contribution < -0.4 is 5.32 Å². The zero-order valence-electron chi connectivity index (χ0n) is 14.2. The lowest BCUT2D eigenvalue weighted by Gasteiger charge is -2.38. The number of fused-ring (bicyclic) bond motifs is 1. The summed E-state index contributed by atoms with van der Waals surface area (Å²) in [5.74, 6) is 0.0216. The molecule has 2 aromatic heterocycles. The van der Waals surface area contributed by atoms with Gasteiger partial charge in [0.05, 0.1) is 23.9 Å². The summed E-state index contributed by atoms with van der Waals surface area (Å²) in [6.07, 6.45) is 4.09. The summed E-state index contributed by atoms with van der Waals surface area (Å²) >= 11 is 0. The van der Waals surface area contributed by atoms with E-state index < -0.39 is 5.54 Å². The smallest absolute Gasteiger partial charge is 0.231 e. The van der Waals surface area contributed by atoms with Gasteiger partial charge in [0.1, 0.15) is 5.65 Å². The Morgan fingerprint density at radius 3 is 2.64 bits per heavy atom. The molecule has 126 valence electrons. The zero-order chi connectivity index (χ0) is 17.6. The van der Waals surface area contributed by atoms with Gasteiger partial charge in [-0.15, -0.1) is 0 Å². The molecule has 1 amide bonds. The van der Waals surface area contributed by atoms with Gasteiger partial charge in [0.2, 0.25) is 5.91 Å². The Balaban J connectivity index is 1.83. The number of imidazole rings is 1. The number of benzene rings is 1. The number of guanidine groups is 1. The molecule has 3 heterocycles. The van der Waals surface area contributed by atoms with Gasteiger partial charge in [0.25, 0.3) is 0 Å². The molecule has 3 aromatic rings. The Hall–Kier alpha value is -3.15. The summed E-state index contributed by atoms with van der Waals surface area (Å²) in [6.45, 7) is 1.94. The normalized spacial score (nSPS) is 20.8. The molecule has 25 heavy (non-hydrogen) atoms. The van der Waals surface area contributed by atoms with Crippen molar-refractivity contribution in [3.63, 3.8) is 0 Å². The maximum absolute atomic E-state index is 12.3. The fraction of sp³-hybridized carbons (Fsp3) is 0.211. The maximum Gasteiger partial charge on any atom is 0.231 e. The molecule has 0 unspecified atom stereocenters. The Labute approximate surface area is 145 Å². The molecule has 1 fully saturated rings. The molecule has 6 heteroatoms. The van der Waals surface area contributed by atoms with E-state index in [4.69, 9.17) is 5.41 Å². The summed E-state index contributed by atoms with van der Waals surface area (Å²) in [7, 11) is 1.61. The molecule has 6 nitrogen and oxygen atoms in total. The van der Waals surface area contributed by atoms with Crippen molar-refractivity contribution in [3.05, 3.63) is 60.6 Å². The minimum absolute atomic E-state index is 0.0830. The van der Waals surface area contributed by atoms with E-state index in [0.717, 1.165) is 22.5 Å². The van der Waals surface area contributed by atoms with Crippen LogP contribution in [0.3, 0.4) is 0 Å². The minimum atomic E-state index is -0.671. The number of aromatic nitrogens is 2. The lowest BCUT2D eigenvalue weighted by Crippen LogP contribution is -2.58. The van der Waals surface area contributed by atoms with Crippen LogP contribution in [0.25, 0.3) is 16.8 Å². The third-order valence-electron chi connectivity index (χ3n) is 4.79. The highest BCUT2D eigenvalue weighted by atomic mass is 16.2. The maximum atomic E-state index is 12.3. The fourth-order valence-corrected chi connectivity index (χ4v) is 3.28. The molecule has 1 atom stereocenters. The molecule has 0 radical (unpaired) electrons. The molecule has 1 aliphatic rings. The number of nitrogens with zero attached hydrogens (tertiary/aromatic N) is 3. The van der Waals surface area contributed by atoms with Crippen LogP contribution >= 0.6 is 0 Å². The van der Waals surface area contributed by atoms with Gasteiger partial charge in [0.15, 0.2) is 5.96 Å². The van der Waals surface area contributed by atoms with E-state index in [0.29, 0.717) is 0 Å².